The van der Waals surface area contributed by atoms with E-state index in [4.69, 9.17) is 9.84 Å². The van der Waals surface area contributed by atoms with Gasteiger partial charge in [0.15, 0.2) is 5.69 Å². The number of aromatic nitrogens is 2. The highest BCUT2D eigenvalue weighted by Gasteiger charge is 2.38. The second-order valence-electron chi connectivity index (χ2n) is 3.41. The minimum absolute atomic E-state index is 0.143. The third-order valence-corrected chi connectivity index (χ3v) is 2.30. The Morgan fingerprint density at radius 2 is 2.11 bits per heavy atom. The summed E-state index contributed by atoms with van der Waals surface area (Å²) in [4.78, 5) is 14.0. The zero-order chi connectivity index (χ0) is 13.5. The molecule has 0 amide bonds. The number of aromatic carboxylic acids is 1. The molecule has 0 aliphatic rings. The molecule has 2 rings (SSSR count). The van der Waals surface area contributed by atoms with E-state index in [1.165, 1.54) is 19.2 Å². The molecular formula is C10H7F3N2O3. The topological polar surface area (TPSA) is 63.8 Å². The third kappa shape index (κ3) is 1.85. The summed E-state index contributed by atoms with van der Waals surface area (Å²) in [7, 11) is 1.30. The molecule has 0 unspecified atom stereocenters. The van der Waals surface area contributed by atoms with Crippen LogP contribution in [0.4, 0.5) is 13.2 Å². The number of alkyl halides is 3. The number of imidazole rings is 1. The highest BCUT2D eigenvalue weighted by molar-refractivity contribution is 5.93. The van der Waals surface area contributed by atoms with E-state index in [1.807, 2.05) is 0 Å². The first-order valence-electron chi connectivity index (χ1n) is 4.71. The van der Waals surface area contributed by atoms with Crippen molar-refractivity contribution in [3.8, 4) is 5.75 Å². The van der Waals surface area contributed by atoms with Crippen molar-refractivity contribution in [1.29, 1.82) is 0 Å². The van der Waals surface area contributed by atoms with Crippen molar-refractivity contribution in [3.05, 3.63) is 29.8 Å². The van der Waals surface area contributed by atoms with Crippen LogP contribution in [0.2, 0.25) is 0 Å². The molecule has 1 N–H and O–H groups in total. The fourth-order valence-corrected chi connectivity index (χ4v) is 1.54. The van der Waals surface area contributed by atoms with Crippen LogP contribution in [0.15, 0.2) is 18.3 Å². The molecule has 8 heteroatoms. The van der Waals surface area contributed by atoms with Gasteiger partial charge in [0, 0.05) is 0 Å². The van der Waals surface area contributed by atoms with Gasteiger partial charge in [0.2, 0.25) is 5.82 Å². The summed E-state index contributed by atoms with van der Waals surface area (Å²) in [5.41, 5.74) is -0.791. The van der Waals surface area contributed by atoms with Crippen LogP contribution in [-0.2, 0) is 6.18 Å². The summed E-state index contributed by atoms with van der Waals surface area (Å²) in [5.74, 6) is -2.65. The van der Waals surface area contributed by atoms with Crippen LogP contribution in [0.5, 0.6) is 5.75 Å². The van der Waals surface area contributed by atoms with Gasteiger partial charge in [-0.25, -0.2) is 9.78 Å². The summed E-state index contributed by atoms with van der Waals surface area (Å²) in [6.45, 7) is 0. The van der Waals surface area contributed by atoms with E-state index in [0.717, 1.165) is 6.20 Å². The van der Waals surface area contributed by atoms with Crippen LogP contribution in [0.25, 0.3) is 5.52 Å². The normalized spacial score (nSPS) is 11.8. The smallest absolute Gasteiger partial charge is 0.450 e. The lowest BCUT2D eigenvalue weighted by molar-refractivity contribution is -0.145. The van der Waals surface area contributed by atoms with Gasteiger partial charge in [-0.2, -0.15) is 13.2 Å². The molecule has 0 fully saturated rings. The van der Waals surface area contributed by atoms with Gasteiger partial charge in [-0.1, -0.05) is 0 Å². The number of ether oxygens (including phenoxy) is 1. The number of carboxylic acid groups (broad SMARTS) is 1. The lowest BCUT2D eigenvalue weighted by Gasteiger charge is -2.06. The summed E-state index contributed by atoms with van der Waals surface area (Å²) < 4.78 is 43.6. The minimum Gasteiger partial charge on any atom is -0.495 e. The average Bonchev–Trinajstić information content (AvgIpc) is 2.66. The standard InChI is InChI=1S/C10H7F3N2O3/c1-18-5-2-3-6-7(8(16)17)14-9(10(11,12)13)15(6)4-5/h2-4H,1H3,(H,16,17). The molecule has 0 spiro atoms. The Bertz CT molecular complexity index is 619. The van der Waals surface area contributed by atoms with Crippen LogP contribution < -0.4 is 4.74 Å². The van der Waals surface area contributed by atoms with E-state index in [2.05, 4.69) is 4.98 Å². The van der Waals surface area contributed by atoms with Gasteiger partial charge in [-0.05, 0) is 12.1 Å². The van der Waals surface area contributed by atoms with Crippen LogP contribution in [0.1, 0.15) is 16.3 Å². The summed E-state index contributed by atoms with van der Waals surface area (Å²) in [5, 5.41) is 8.81. The fraction of sp³-hybridized carbons (Fsp3) is 0.200. The van der Waals surface area contributed by atoms with E-state index >= 15 is 0 Å². The second kappa shape index (κ2) is 3.90. The maximum absolute atomic E-state index is 12.7. The molecule has 2 aromatic heterocycles. The largest absolute Gasteiger partial charge is 0.495 e. The number of rotatable bonds is 2. The molecule has 0 radical (unpaired) electrons. The molecule has 0 atom stereocenters. The van der Waals surface area contributed by atoms with Gasteiger partial charge in [0.25, 0.3) is 0 Å². The average molecular weight is 260 g/mol. The maximum atomic E-state index is 12.7. The predicted octanol–water partition coefficient (Wildman–Crippen LogP) is 2.06. The number of fused-ring (bicyclic) bond motifs is 1. The summed E-state index contributed by atoms with van der Waals surface area (Å²) in [6.07, 6.45) is -3.71. The molecule has 0 saturated carbocycles. The zero-order valence-corrected chi connectivity index (χ0v) is 9.02. The minimum atomic E-state index is -4.75. The van der Waals surface area contributed by atoms with Gasteiger partial charge >= 0.3 is 12.1 Å². The Labute approximate surface area is 98.4 Å². The van der Waals surface area contributed by atoms with Crippen LogP contribution in [-0.4, -0.2) is 27.6 Å². The zero-order valence-electron chi connectivity index (χ0n) is 9.02. The molecular weight excluding hydrogens is 253 g/mol. The van der Waals surface area contributed by atoms with Crippen molar-refractivity contribution >= 4 is 11.5 Å². The highest BCUT2D eigenvalue weighted by atomic mass is 19.4. The molecule has 2 aromatic rings. The lowest BCUT2D eigenvalue weighted by Crippen LogP contribution is -2.11. The Morgan fingerprint density at radius 1 is 1.44 bits per heavy atom. The lowest BCUT2D eigenvalue weighted by atomic mass is 10.3. The first-order valence-corrected chi connectivity index (χ1v) is 4.71. The first-order chi connectivity index (χ1) is 8.34. The number of nitrogens with zero attached hydrogens (tertiary/aromatic N) is 2. The molecule has 0 aromatic carbocycles. The Hall–Kier alpha value is -2.25. The Balaban J connectivity index is 2.81. The molecule has 5 nitrogen and oxygen atoms in total. The van der Waals surface area contributed by atoms with Gasteiger partial charge in [0.05, 0.1) is 18.8 Å². The quantitative estimate of drug-likeness (QED) is 0.897. The summed E-state index contributed by atoms with van der Waals surface area (Å²) >= 11 is 0. The van der Waals surface area contributed by atoms with Crippen molar-refractivity contribution in [2.24, 2.45) is 0 Å². The maximum Gasteiger partial charge on any atom is 0.450 e. The van der Waals surface area contributed by atoms with Crippen molar-refractivity contribution in [2.75, 3.05) is 7.11 Å². The number of pyridine rings is 1. The SMILES string of the molecule is COc1ccc2c(C(=O)O)nc(C(F)(F)F)n2c1. The van der Waals surface area contributed by atoms with Crippen molar-refractivity contribution < 1.29 is 27.8 Å². The number of hydrogen-bond acceptors (Lipinski definition) is 3. The molecule has 0 aliphatic heterocycles. The third-order valence-electron chi connectivity index (χ3n) is 2.30. The van der Waals surface area contributed by atoms with Gasteiger partial charge in [0.1, 0.15) is 5.75 Å². The van der Waals surface area contributed by atoms with Crippen LogP contribution in [0.3, 0.4) is 0 Å². The number of methoxy groups -OCH3 is 1. The molecule has 96 valence electrons. The molecule has 0 saturated heterocycles. The summed E-state index contributed by atoms with van der Waals surface area (Å²) in [6, 6.07) is 2.58. The van der Waals surface area contributed by atoms with Crippen molar-refractivity contribution in [1.82, 2.24) is 9.38 Å². The first kappa shape index (κ1) is 12.2. The van der Waals surface area contributed by atoms with Gasteiger partial charge in [-0.3, -0.25) is 4.40 Å². The number of carbonyl (C=O) groups is 1. The molecule has 2 heterocycles. The van der Waals surface area contributed by atoms with Crippen molar-refractivity contribution in [2.45, 2.75) is 6.18 Å². The van der Waals surface area contributed by atoms with Crippen LogP contribution in [0, 0.1) is 0 Å². The van der Waals surface area contributed by atoms with E-state index < -0.39 is 23.7 Å². The molecule has 0 bridgehead atoms. The van der Waals surface area contributed by atoms with E-state index in [1.54, 1.807) is 0 Å². The molecule has 0 aliphatic carbocycles. The monoisotopic (exact) mass is 260 g/mol. The van der Waals surface area contributed by atoms with Gasteiger partial charge in [-0.15, -0.1) is 0 Å². The predicted molar refractivity (Wildman–Crippen MR) is 53.7 cm³/mol. The van der Waals surface area contributed by atoms with Crippen LogP contribution >= 0.6 is 0 Å². The Morgan fingerprint density at radius 3 is 2.61 bits per heavy atom. The van der Waals surface area contributed by atoms with Crippen molar-refractivity contribution in [3.63, 3.8) is 0 Å². The highest BCUT2D eigenvalue weighted by Crippen LogP contribution is 2.31. The molecule has 18 heavy (non-hydrogen) atoms. The van der Waals surface area contributed by atoms with E-state index in [-0.39, 0.29) is 11.3 Å². The second-order valence-corrected chi connectivity index (χ2v) is 3.41. The van der Waals surface area contributed by atoms with Gasteiger partial charge < -0.3 is 9.84 Å². The number of carboxylic acids is 1. The number of halogens is 3. The van der Waals surface area contributed by atoms with E-state index in [0.29, 0.717) is 4.40 Å². The Kier molecular flexibility index (Phi) is 2.64. The van der Waals surface area contributed by atoms with E-state index in [9.17, 15) is 18.0 Å². The fourth-order valence-electron chi connectivity index (χ4n) is 1.54. The number of hydrogen-bond donors (Lipinski definition) is 1.